The van der Waals surface area contributed by atoms with Gasteiger partial charge in [0.1, 0.15) is 0 Å². The summed E-state index contributed by atoms with van der Waals surface area (Å²) in [6.45, 7) is 11.6. The Morgan fingerprint density at radius 3 is 1.95 bits per heavy atom. The molecule has 5 nitrogen and oxygen atoms in total. The van der Waals surface area contributed by atoms with Crippen molar-refractivity contribution in [1.82, 2.24) is 0 Å². The molecule has 0 radical (unpaired) electrons. The summed E-state index contributed by atoms with van der Waals surface area (Å²) in [5.74, 6) is -1.69. The van der Waals surface area contributed by atoms with Crippen LogP contribution in [0.25, 0.3) is 0 Å². The van der Waals surface area contributed by atoms with Gasteiger partial charge in [-0.15, -0.1) is 0 Å². The number of ether oxygens (including phenoxy) is 2. The van der Waals surface area contributed by atoms with Crippen LogP contribution in [-0.2, 0) is 19.1 Å². The van der Waals surface area contributed by atoms with Crippen molar-refractivity contribution in [3.05, 3.63) is 0 Å². The van der Waals surface area contributed by atoms with E-state index in [1.165, 1.54) is 0 Å². The summed E-state index contributed by atoms with van der Waals surface area (Å²) in [5.41, 5.74) is -1.49. The summed E-state index contributed by atoms with van der Waals surface area (Å²) in [6.07, 6.45) is 0.691. The number of hydrogen-bond donors (Lipinski definition) is 0. The van der Waals surface area contributed by atoms with E-state index in [9.17, 15) is 14.9 Å². The minimum absolute atomic E-state index is 0.0770. The van der Waals surface area contributed by atoms with Crippen LogP contribution in [0.5, 0.6) is 0 Å². The smallest absolute Gasteiger partial charge is 0.327 e. The van der Waals surface area contributed by atoms with E-state index in [-0.39, 0.29) is 31.5 Å². The van der Waals surface area contributed by atoms with Crippen LogP contribution in [0.1, 0.15) is 54.4 Å². The Labute approximate surface area is 134 Å². The minimum atomic E-state index is -1.49. The van der Waals surface area contributed by atoms with Gasteiger partial charge < -0.3 is 9.47 Å². The van der Waals surface area contributed by atoms with Gasteiger partial charge in [0.25, 0.3) is 0 Å². The van der Waals surface area contributed by atoms with Crippen molar-refractivity contribution in [3.63, 3.8) is 0 Å². The van der Waals surface area contributed by atoms with Crippen LogP contribution in [0, 0.1) is 34.5 Å². The topological polar surface area (TPSA) is 76.4 Å². The molecular weight excluding hydrogens is 282 g/mol. The molecule has 126 valence electrons. The van der Waals surface area contributed by atoms with Crippen LogP contribution in [0.4, 0.5) is 0 Å². The lowest BCUT2D eigenvalue weighted by Gasteiger charge is -2.33. The van der Waals surface area contributed by atoms with E-state index in [2.05, 4.69) is 6.07 Å². The molecule has 0 heterocycles. The maximum absolute atomic E-state index is 12.5. The zero-order valence-electron chi connectivity index (χ0n) is 14.6. The Kier molecular flexibility index (Phi) is 8.77. The van der Waals surface area contributed by atoms with E-state index >= 15 is 0 Å². The lowest BCUT2D eigenvalue weighted by molar-refractivity contribution is -0.167. The second kappa shape index (κ2) is 9.45. The molecule has 0 N–H and O–H groups in total. The number of hydrogen-bond acceptors (Lipinski definition) is 5. The van der Waals surface area contributed by atoms with Crippen LogP contribution < -0.4 is 0 Å². The first kappa shape index (κ1) is 20.4. The van der Waals surface area contributed by atoms with Crippen molar-refractivity contribution in [2.24, 2.45) is 23.2 Å². The van der Waals surface area contributed by atoms with E-state index in [1.54, 1.807) is 13.8 Å². The zero-order chi connectivity index (χ0) is 17.3. The first-order chi connectivity index (χ1) is 10.2. The predicted octanol–water partition coefficient (Wildman–Crippen LogP) is 3.33. The van der Waals surface area contributed by atoms with Gasteiger partial charge >= 0.3 is 11.9 Å². The third kappa shape index (κ3) is 5.32. The molecular formula is C17H29NO4. The molecule has 0 saturated heterocycles. The molecule has 0 aliphatic rings. The van der Waals surface area contributed by atoms with Crippen molar-refractivity contribution in [2.75, 3.05) is 13.2 Å². The first-order valence-electron chi connectivity index (χ1n) is 8.00. The highest BCUT2D eigenvalue weighted by atomic mass is 16.5. The van der Waals surface area contributed by atoms with Gasteiger partial charge in [0, 0.05) is 0 Å². The number of carbonyl (C=O) groups excluding carboxylic acids is 2. The Morgan fingerprint density at radius 2 is 1.59 bits per heavy atom. The van der Waals surface area contributed by atoms with Crippen LogP contribution in [-0.4, -0.2) is 25.2 Å². The number of rotatable bonds is 9. The van der Waals surface area contributed by atoms with Gasteiger partial charge in [-0.2, -0.15) is 5.26 Å². The van der Waals surface area contributed by atoms with Crippen molar-refractivity contribution < 1.29 is 19.1 Å². The minimum Gasteiger partial charge on any atom is -0.466 e. The molecule has 0 spiro atoms. The highest BCUT2D eigenvalue weighted by Gasteiger charge is 2.52. The molecule has 5 heteroatoms. The SMILES string of the molecule is CCOC(=O)C(CC(C)C)C(C#N)(CC(C)C)C(=O)OCC. The van der Waals surface area contributed by atoms with Gasteiger partial charge in [-0.1, -0.05) is 27.7 Å². The molecule has 0 bridgehead atoms. The monoisotopic (exact) mass is 311 g/mol. The quantitative estimate of drug-likeness (QED) is 0.610. The predicted molar refractivity (Wildman–Crippen MR) is 83.7 cm³/mol. The van der Waals surface area contributed by atoms with E-state index in [4.69, 9.17) is 9.47 Å². The largest absolute Gasteiger partial charge is 0.466 e. The molecule has 0 amide bonds. The van der Waals surface area contributed by atoms with Crippen LogP contribution in [0.3, 0.4) is 0 Å². The fourth-order valence-electron chi connectivity index (χ4n) is 2.65. The van der Waals surface area contributed by atoms with Gasteiger partial charge in [0.2, 0.25) is 0 Å². The molecule has 0 saturated carbocycles. The van der Waals surface area contributed by atoms with Gasteiger partial charge in [-0.25, -0.2) is 0 Å². The summed E-state index contributed by atoms with van der Waals surface area (Å²) in [6, 6.07) is 2.10. The molecule has 0 fully saturated rings. The molecule has 0 aromatic carbocycles. The highest BCUT2D eigenvalue weighted by Crippen LogP contribution is 2.40. The van der Waals surface area contributed by atoms with Crippen molar-refractivity contribution in [2.45, 2.75) is 54.4 Å². The van der Waals surface area contributed by atoms with Gasteiger partial charge in [-0.05, 0) is 38.5 Å². The van der Waals surface area contributed by atoms with E-state index in [1.807, 2.05) is 27.7 Å². The van der Waals surface area contributed by atoms with Crippen LogP contribution >= 0.6 is 0 Å². The maximum atomic E-state index is 12.5. The normalized spacial score (nSPS) is 15.0. The number of carbonyl (C=O) groups is 2. The van der Waals surface area contributed by atoms with E-state index in [0.29, 0.717) is 6.42 Å². The summed E-state index contributed by atoms with van der Waals surface area (Å²) in [7, 11) is 0. The maximum Gasteiger partial charge on any atom is 0.327 e. The van der Waals surface area contributed by atoms with Crippen molar-refractivity contribution in [1.29, 1.82) is 5.26 Å². The van der Waals surface area contributed by atoms with E-state index < -0.39 is 23.3 Å². The summed E-state index contributed by atoms with van der Waals surface area (Å²) in [5, 5.41) is 9.76. The molecule has 0 aromatic rings. The van der Waals surface area contributed by atoms with Crippen LogP contribution in [0.2, 0.25) is 0 Å². The average molecular weight is 311 g/mol. The number of nitriles is 1. The zero-order valence-corrected chi connectivity index (χ0v) is 14.6. The van der Waals surface area contributed by atoms with Gasteiger partial charge in [0.15, 0.2) is 5.41 Å². The Morgan fingerprint density at radius 1 is 1.05 bits per heavy atom. The number of nitrogens with zero attached hydrogens (tertiary/aromatic N) is 1. The lowest BCUT2D eigenvalue weighted by atomic mass is 9.68. The summed E-state index contributed by atoms with van der Waals surface area (Å²) >= 11 is 0. The Bertz CT molecular complexity index is 411. The third-order valence-corrected chi connectivity index (χ3v) is 3.44. The van der Waals surface area contributed by atoms with Crippen LogP contribution in [0.15, 0.2) is 0 Å². The Balaban J connectivity index is 5.85. The van der Waals surface area contributed by atoms with Crippen molar-refractivity contribution in [3.8, 4) is 6.07 Å². The molecule has 2 unspecified atom stereocenters. The number of esters is 2. The summed E-state index contributed by atoms with van der Waals surface area (Å²) in [4.78, 5) is 24.9. The second-order valence-electron chi connectivity index (χ2n) is 6.34. The molecule has 0 aliphatic carbocycles. The molecule has 2 atom stereocenters. The molecule has 0 aliphatic heterocycles. The van der Waals surface area contributed by atoms with E-state index in [0.717, 1.165) is 0 Å². The molecule has 0 rings (SSSR count). The second-order valence-corrected chi connectivity index (χ2v) is 6.34. The molecule has 0 aromatic heterocycles. The standard InChI is InChI=1S/C17H29NO4/c1-7-21-15(19)14(9-12(3)4)17(11-18,10-13(5)6)16(20)22-8-2/h12-14H,7-10H2,1-6H3. The third-order valence-electron chi connectivity index (χ3n) is 3.44. The van der Waals surface area contributed by atoms with Gasteiger partial charge in [0.05, 0.1) is 25.2 Å². The van der Waals surface area contributed by atoms with Gasteiger partial charge in [-0.3, -0.25) is 9.59 Å². The Hall–Kier alpha value is -1.57. The fraction of sp³-hybridized carbons (Fsp3) is 0.824. The fourth-order valence-corrected chi connectivity index (χ4v) is 2.65. The highest BCUT2D eigenvalue weighted by molar-refractivity contribution is 5.88. The first-order valence-corrected chi connectivity index (χ1v) is 8.00. The summed E-state index contributed by atoms with van der Waals surface area (Å²) < 4.78 is 10.2. The average Bonchev–Trinajstić information content (AvgIpc) is 2.42. The lowest BCUT2D eigenvalue weighted by Crippen LogP contribution is -2.45. The van der Waals surface area contributed by atoms with Crippen molar-refractivity contribution >= 4 is 11.9 Å². The molecule has 22 heavy (non-hydrogen) atoms.